The van der Waals surface area contributed by atoms with E-state index in [1.165, 1.54) is 83.5 Å². The molecule has 12 heteroatoms. The van der Waals surface area contributed by atoms with Crippen LogP contribution < -0.4 is 0 Å². The maximum atomic E-state index is 12.9. The Morgan fingerprint density at radius 1 is 0.392 bits per heavy atom. The summed E-state index contributed by atoms with van der Waals surface area (Å²) in [5.41, 5.74) is 0. The predicted octanol–water partition coefficient (Wildman–Crippen LogP) is 17.5. The lowest BCUT2D eigenvalue weighted by molar-refractivity contribution is -0.161. The smallest absolute Gasteiger partial charge is 0.462 e. The van der Waals surface area contributed by atoms with Crippen molar-refractivity contribution in [2.45, 2.75) is 264 Å². The Morgan fingerprint density at radius 3 is 1.19 bits per heavy atom. The summed E-state index contributed by atoms with van der Waals surface area (Å²) < 4.78 is 39.5. The third-order valence-electron chi connectivity index (χ3n) is 12.3. The van der Waals surface area contributed by atoms with E-state index in [2.05, 4.69) is 93.7 Å². The third kappa shape index (κ3) is 53.5. The van der Waals surface area contributed by atoms with Crippen LogP contribution in [0.15, 0.2) is 85.1 Å². The largest absolute Gasteiger partial charge is 0.472 e. The van der Waals surface area contributed by atoms with Crippen LogP contribution in [-0.2, 0) is 42.2 Å². The van der Waals surface area contributed by atoms with Crippen LogP contribution in [0.25, 0.3) is 0 Å². The van der Waals surface area contributed by atoms with Crippen LogP contribution in [0.5, 0.6) is 0 Å². The zero-order valence-electron chi connectivity index (χ0n) is 47.0. The van der Waals surface area contributed by atoms with Gasteiger partial charge in [0.25, 0.3) is 0 Å². The first-order chi connectivity index (χ1) is 36.2. The average Bonchev–Trinajstić information content (AvgIpc) is 3.39. The highest BCUT2D eigenvalue weighted by molar-refractivity contribution is 7.47. The average molecular weight is 1060 g/mol. The summed E-state index contributed by atoms with van der Waals surface area (Å²) in [4.78, 5) is 48.5. The van der Waals surface area contributed by atoms with Gasteiger partial charge in [0.15, 0.2) is 6.10 Å². The maximum absolute atomic E-state index is 12.9. The first-order valence-electron chi connectivity index (χ1n) is 29.5. The van der Waals surface area contributed by atoms with Crippen molar-refractivity contribution in [3.63, 3.8) is 0 Å². The molecule has 0 aromatic heterocycles. The molecule has 0 fully saturated rings. The zero-order chi connectivity index (χ0) is 54.1. The van der Waals surface area contributed by atoms with Gasteiger partial charge in [-0.15, -0.1) is 0 Å². The highest BCUT2D eigenvalue weighted by Gasteiger charge is 2.28. The topological polar surface area (TPSA) is 155 Å². The van der Waals surface area contributed by atoms with Crippen molar-refractivity contribution in [3.8, 4) is 0 Å². The number of allylic oxidation sites excluding steroid dienone is 14. The zero-order valence-corrected chi connectivity index (χ0v) is 47.9. The van der Waals surface area contributed by atoms with Gasteiger partial charge in [-0.25, -0.2) is 4.57 Å². The summed E-state index contributed by atoms with van der Waals surface area (Å²) in [5.74, 6) is -1.55. The number of phosphoric ester groups is 1. The molecular weight excluding hydrogens is 952 g/mol. The van der Waals surface area contributed by atoms with Gasteiger partial charge in [0, 0.05) is 19.3 Å². The molecule has 0 aromatic carbocycles. The standard InChI is InChI=1S/C62H107O11P/c1-4-7-10-13-16-19-22-25-27-29-31-34-36-39-42-45-48-51-60(64)69-55-59(73-62(66)53-50-47-44-41-38-35-32-30-28-26-23-20-17-14-11-8-5-2)57-71-74(67,68)70-56-58(54-63)72-61(65)52-49-46-43-40-37-33-24-21-18-15-12-9-6-3/h8,11-12,15,17,20-21,24,26,28,32,35,41,44,58-59,63H,4-7,9-10,13-14,16,18-19,22-23,25,27,29-31,33-34,36-40,42-43,45-57H2,1-3H3,(H,67,68)/b11-8-,15-12-,20-17-,24-21-,28-26-,35-32-,44-41-. The minimum absolute atomic E-state index is 0.0872. The molecule has 0 saturated carbocycles. The number of carbonyl (C=O) groups excluding carboxylic acids is 3. The highest BCUT2D eigenvalue weighted by Crippen LogP contribution is 2.43. The molecule has 0 rings (SSSR count). The Bertz CT molecular complexity index is 1560. The minimum Gasteiger partial charge on any atom is -0.462 e. The number of hydrogen-bond acceptors (Lipinski definition) is 10. The number of phosphoric acid groups is 1. The lowest BCUT2D eigenvalue weighted by Crippen LogP contribution is -2.30. The number of aliphatic hydroxyl groups excluding tert-OH is 1. The number of carbonyl (C=O) groups is 3. The summed E-state index contributed by atoms with van der Waals surface area (Å²) in [7, 11) is -4.77. The van der Waals surface area contributed by atoms with E-state index >= 15 is 0 Å². The molecule has 3 atom stereocenters. The first-order valence-corrected chi connectivity index (χ1v) is 31.0. The van der Waals surface area contributed by atoms with E-state index < -0.39 is 57.8 Å². The van der Waals surface area contributed by atoms with Gasteiger partial charge < -0.3 is 24.2 Å². The third-order valence-corrected chi connectivity index (χ3v) is 13.2. The van der Waals surface area contributed by atoms with Gasteiger partial charge in [0.2, 0.25) is 0 Å². The Morgan fingerprint density at radius 2 is 0.743 bits per heavy atom. The van der Waals surface area contributed by atoms with Gasteiger partial charge in [-0.05, 0) is 83.5 Å². The van der Waals surface area contributed by atoms with Crippen molar-refractivity contribution in [3.05, 3.63) is 85.1 Å². The second-order valence-electron chi connectivity index (χ2n) is 19.4. The monoisotopic (exact) mass is 1060 g/mol. The molecule has 426 valence electrons. The molecule has 0 aromatic rings. The molecule has 0 bridgehead atoms. The number of unbranched alkanes of at least 4 members (excludes halogenated alkanes) is 23. The number of hydrogen-bond donors (Lipinski definition) is 2. The molecule has 0 amide bonds. The molecule has 0 radical (unpaired) electrons. The molecule has 2 N–H and O–H groups in total. The van der Waals surface area contributed by atoms with Crippen molar-refractivity contribution in [2.24, 2.45) is 0 Å². The predicted molar refractivity (Wildman–Crippen MR) is 307 cm³/mol. The van der Waals surface area contributed by atoms with E-state index in [1.54, 1.807) is 0 Å². The first kappa shape index (κ1) is 70.7. The van der Waals surface area contributed by atoms with Gasteiger partial charge in [-0.3, -0.25) is 23.4 Å². The number of aliphatic hydroxyl groups is 1. The summed E-state index contributed by atoms with van der Waals surface area (Å²) in [5, 5.41) is 9.81. The van der Waals surface area contributed by atoms with Crippen LogP contribution in [-0.4, -0.2) is 66.5 Å². The molecule has 0 spiro atoms. The van der Waals surface area contributed by atoms with Crippen molar-refractivity contribution in [2.75, 3.05) is 26.4 Å². The van der Waals surface area contributed by atoms with Crippen molar-refractivity contribution in [1.29, 1.82) is 0 Å². The fraction of sp³-hybridized carbons (Fsp3) is 0.726. The Labute approximate surface area is 451 Å². The second-order valence-corrected chi connectivity index (χ2v) is 20.9. The fourth-order valence-corrected chi connectivity index (χ4v) is 8.63. The van der Waals surface area contributed by atoms with Crippen molar-refractivity contribution >= 4 is 25.7 Å². The SMILES string of the molecule is CC/C=C\C/C=C\C/C=C\C/C=C\C/C=C\CCCC(=O)OC(COC(=O)CCCCCCCCCCCCCCCCCCC)COP(=O)(O)OCC(CO)OC(=O)CCCCCCC/C=C\C/C=C\CCC. The molecule has 0 aliphatic rings. The summed E-state index contributed by atoms with van der Waals surface area (Å²) in [6, 6.07) is 0. The van der Waals surface area contributed by atoms with E-state index in [-0.39, 0.29) is 25.9 Å². The van der Waals surface area contributed by atoms with E-state index in [4.69, 9.17) is 23.3 Å². The van der Waals surface area contributed by atoms with Gasteiger partial charge in [0.05, 0.1) is 19.8 Å². The normalized spacial score (nSPS) is 14.0. The highest BCUT2D eigenvalue weighted by atomic mass is 31.2. The van der Waals surface area contributed by atoms with Crippen LogP contribution in [0, 0.1) is 0 Å². The molecule has 0 saturated heterocycles. The second kappa shape index (κ2) is 55.9. The Balaban J connectivity index is 4.80. The number of esters is 3. The van der Waals surface area contributed by atoms with Gasteiger partial charge in [-0.2, -0.15) is 0 Å². The van der Waals surface area contributed by atoms with Crippen LogP contribution in [0.2, 0.25) is 0 Å². The van der Waals surface area contributed by atoms with E-state index in [0.717, 1.165) is 103 Å². The van der Waals surface area contributed by atoms with Crippen molar-refractivity contribution in [1.82, 2.24) is 0 Å². The van der Waals surface area contributed by atoms with E-state index in [1.807, 2.05) is 12.2 Å². The molecule has 0 aliphatic heterocycles. The molecule has 74 heavy (non-hydrogen) atoms. The van der Waals surface area contributed by atoms with Crippen molar-refractivity contribution < 1.29 is 52.2 Å². The Kier molecular flexibility index (Phi) is 53.4. The molecule has 11 nitrogen and oxygen atoms in total. The van der Waals surface area contributed by atoms with Gasteiger partial charge in [-0.1, -0.05) is 234 Å². The molecule has 0 aliphatic carbocycles. The quantitative estimate of drug-likeness (QED) is 0.0197. The Hall–Kier alpha value is -3.34. The molecular formula is C62H107O11P. The minimum atomic E-state index is -4.77. The van der Waals surface area contributed by atoms with Crippen LogP contribution in [0.3, 0.4) is 0 Å². The van der Waals surface area contributed by atoms with E-state index in [0.29, 0.717) is 25.7 Å². The number of rotatable bonds is 54. The summed E-state index contributed by atoms with van der Waals surface area (Å²) >= 11 is 0. The van der Waals surface area contributed by atoms with Gasteiger partial charge in [0.1, 0.15) is 12.7 Å². The number of ether oxygens (including phenoxy) is 3. The summed E-state index contributed by atoms with van der Waals surface area (Å²) in [6.07, 6.45) is 64.1. The van der Waals surface area contributed by atoms with E-state index in [9.17, 15) is 28.9 Å². The molecule has 3 unspecified atom stereocenters. The van der Waals surface area contributed by atoms with Crippen LogP contribution >= 0.6 is 7.82 Å². The lowest BCUT2D eigenvalue weighted by Gasteiger charge is -2.21. The van der Waals surface area contributed by atoms with Crippen LogP contribution in [0.4, 0.5) is 0 Å². The lowest BCUT2D eigenvalue weighted by atomic mass is 10.0. The van der Waals surface area contributed by atoms with Crippen LogP contribution in [0.1, 0.15) is 252 Å². The fourth-order valence-electron chi connectivity index (χ4n) is 7.84. The summed E-state index contributed by atoms with van der Waals surface area (Å²) in [6.45, 7) is 4.40. The molecule has 0 heterocycles. The van der Waals surface area contributed by atoms with Gasteiger partial charge >= 0.3 is 25.7 Å². The maximum Gasteiger partial charge on any atom is 0.472 e.